The molecule has 0 N–H and O–H groups in total. The average molecular weight is 208 g/mol. The number of carbonyl (C=O) groups is 1. The molecule has 0 aromatic rings. The Balaban J connectivity index is -0.000000720. The standard InChI is InChI=1S/C11H20O2.Na.H/c1-3-5-6-7-8-9-10-13-11(12)4-2;;/h4H,2-3,5-10H2,1H3;;/q;+1;-1. The van der Waals surface area contributed by atoms with Gasteiger partial charge < -0.3 is 6.16 Å². The Labute approximate surface area is 111 Å². The van der Waals surface area contributed by atoms with Crippen LogP contribution in [-0.4, -0.2) is 12.6 Å². The van der Waals surface area contributed by atoms with Crippen LogP contribution in [0.15, 0.2) is 12.7 Å². The molecule has 78 valence electrons. The first kappa shape index (κ1) is 16.6. The van der Waals surface area contributed by atoms with Crippen LogP contribution in [0.1, 0.15) is 46.9 Å². The minimum Gasteiger partial charge on any atom is -1.00 e. The zero-order valence-electron chi connectivity index (χ0n) is 10.6. The molecule has 0 atom stereocenters. The second-order valence-corrected chi connectivity index (χ2v) is 3.14. The quantitative estimate of drug-likeness (QED) is 0.246. The summed E-state index contributed by atoms with van der Waals surface area (Å²) in [5.41, 5.74) is 0. The Morgan fingerprint density at radius 2 is 1.86 bits per heavy atom. The van der Waals surface area contributed by atoms with Gasteiger partial charge >= 0.3 is 35.5 Å². The smallest absolute Gasteiger partial charge is 1.00 e. The molecule has 14 heavy (non-hydrogen) atoms. The molecule has 0 aliphatic rings. The minimum atomic E-state index is -0.312. The second-order valence-electron chi connectivity index (χ2n) is 3.14. The largest absolute Gasteiger partial charge is 1.00 e. The fraction of sp³-hybridized carbons (Fsp3) is 0.727. The molecule has 0 radical (unpaired) electrons. The molecule has 0 aliphatic carbocycles. The van der Waals surface area contributed by atoms with Gasteiger partial charge in [0.05, 0.1) is 6.61 Å². The third-order valence-electron chi connectivity index (χ3n) is 1.91. The van der Waals surface area contributed by atoms with Crippen molar-refractivity contribution >= 4 is 5.97 Å². The zero-order valence-corrected chi connectivity index (χ0v) is 11.6. The van der Waals surface area contributed by atoms with E-state index in [1.165, 1.54) is 31.8 Å². The summed E-state index contributed by atoms with van der Waals surface area (Å²) in [6.45, 7) is 6.06. The predicted molar refractivity (Wildman–Crippen MR) is 55.6 cm³/mol. The van der Waals surface area contributed by atoms with Crippen LogP contribution in [0.25, 0.3) is 0 Å². The van der Waals surface area contributed by atoms with E-state index in [1.807, 2.05) is 0 Å². The van der Waals surface area contributed by atoms with Crippen molar-refractivity contribution in [3.05, 3.63) is 12.7 Å². The van der Waals surface area contributed by atoms with Crippen molar-refractivity contribution < 1.29 is 40.5 Å². The predicted octanol–water partition coefficient (Wildman–Crippen LogP) is 0.193. The fourth-order valence-electron chi connectivity index (χ4n) is 1.11. The van der Waals surface area contributed by atoms with Crippen molar-refractivity contribution in [1.29, 1.82) is 0 Å². The molecule has 3 heteroatoms. The number of hydrogen-bond acceptors (Lipinski definition) is 2. The molecule has 0 unspecified atom stereocenters. The molecular formula is C11H21NaO2. The molecular weight excluding hydrogens is 187 g/mol. The summed E-state index contributed by atoms with van der Waals surface area (Å²) in [5.74, 6) is -0.312. The summed E-state index contributed by atoms with van der Waals surface area (Å²) in [6.07, 6.45) is 8.47. The number of unbranched alkanes of at least 4 members (excludes halogenated alkanes) is 5. The van der Waals surface area contributed by atoms with E-state index >= 15 is 0 Å². The van der Waals surface area contributed by atoms with Crippen LogP contribution in [0.3, 0.4) is 0 Å². The van der Waals surface area contributed by atoms with Gasteiger partial charge in [0, 0.05) is 6.08 Å². The molecule has 0 bridgehead atoms. The molecule has 0 saturated heterocycles. The number of esters is 1. The van der Waals surface area contributed by atoms with Crippen molar-refractivity contribution in [3.63, 3.8) is 0 Å². The summed E-state index contributed by atoms with van der Waals surface area (Å²) in [6, 6.07) is 0. The summed E-state index contributed by atoms with van der Waals surface area (Å²) < 4.78 is 4.84. The maximum Gasteiger partial charge on any atom is 1.00 e. The number of hydrogen-bond donors (Lipinski definition) is 0. The van der Waals surface area contributed by atoms with Gasteiger partial charge in [0.1, 0.15) is 0 Å². The van der Waals surface area contributed by atoms with Gasteiger partial charge in [0.2, 0.25) is 0 Å². The molecule has 0 aromatic heterocycles. The van der Waals surface area contributed by atoms with E-state index in [4.69, 9.17) is 4.74 Å². The second kappa shape index (κ2) is 13.2. The van der Waals surface area contributed by atoms with E-state index in [0.717, 1.165) is 12.8 Å². The van der Waals surface area contributed by atoms with Crippen molar-refractivity contribution in [1.82, 2.24) is 0 Å². The van der Waals surface area contributed by atoms with E-state index < -0.39 is 0 Å². The molecule has 0 saturated carbocycles. The first-order valence-electron chi connectivity index (χ1n) is 5.10. The summed E-state index contributed by atoms with van der Waals surface area (Å²) >= 11 is 0. The third-order valence-corrected chi connectivity index (χ3v) is 1.91. The third kappa shape index (κ3) is 12.2. The van der Waals surface area contributed by atoms with Gasteiger partial charge in [0.25, 0.3) is 0 Å². The van der Waals surface area contributed by atoms with Crippen molar-refractivity contribution in [2.75, 3.05) is 6.61 Å². The Morgan fingerprint density at radius 3 is 2.43 bits per heavy atom. The van der Waals surface area contributed by atoms with Crippen LogP contribution in [0.2, 0.25) is 0 Å². The number of rotatable bonds is 8. The first-order chi connectivity index (χ1) is 6.31. The summed E-state index contributed by atoms with van der Waals surface area (Å²) in [4.78, 5) is 10.6. The van der Waals surface area contributed by atoms with Gasteiger partial charge in [0.15, 0.2) is 0 Å². The Bertz CT molecular complexity index is 152. The van der Waals surface area contributed by atoms with Crippen LogP contribution in [0.4, 0.5) is 0 Å². The molecule has 0 aromatic carbocycles. The Hall–Kier alpha value is 0.210. The van der Waals surface area contributed by atoms with Gasteiger partial charge in [-0.05, 0) is 6.42 Å². The van der Waals surface area contributed by atoms with Crippen molar-refractivity contribution in [3.8, 4) is 0 Å². The average Bonchev–Trinajstić information content (AvgIpc) is 2.16. The van der Waals surface area contributed by atoms with Crippen molar-refractivity contribution in [2.45, 2.75) is 45.4 Å². The van der Waals surface area contributed by atoms with Gasteiger partial charge in [-0.3, -0.25) is 0 Å². The minimum absolute atomic E-state index is 0. The Morgan fingerprint density at radius 1 is 1.29 bits per heavy atom. The van der Waals surface area contributed by atoms with Crippen LogP contribution in [0, 0.1) is 0 Å². The Kier molecular flexibility index (Phi) is 15.7. The topological polar surface area (TPSA) is 26.3 Å². The van der Waals surface area contributed by atoms with E-state index in [9.17, 15) is 4.79 Å². The zero-order chi connectivity index (χ0) is 9.94. The number of carbonyl (C=O) groups excluding carboxylic acids is 1. The van der Waals surface area contributed by atoms with E-state index in [0.29, 0.717) is 6.61 Å². The fourth-order valence-corrected chi connectivity index (χ4v) is 1.11. The van der Waals surface area contributed by atoms with Gasteiger partial charge in [-0.1, -0.05) is 45.6 Å². The summed E-state index contributed by atoms with van der Waals surface area (Å²) in [5, 5.41) is 0. The molecule has 0 fully saturated rings. The van der Waals surface area contributed by atoms with Gasteiger partial charge in [-0.25, -0.2) is 4.79 Å². The van der Waals surface area contributed by atoms with E-state index in [1.54, 1.807) is 0 Å². The normalized spacial score (nSPS) is 8.93. The SMILES string of the molecule is C=CC(=O)OCCCCCCCC.[H-].[Na+]. The van der Waals surface area contributed by atoms with Crippen LogP contribution < -0.4 is 29.6 Å². The molecule has 2 nitrogen and oxygen atoms in total. The molecule has 0 aliphatic heterocycles. The first-order valence-corrected chi connectivity index (χ1v) is 5.10. The molecule has 0 heterocycles. The summed E-state index contributed by atoms with van der Waals surface area (Å²) in [7, 11) is 0. The van der Waals surface area contributed by atoms with E-state index in [-0.39, 0.29) is 37.0 Å². The van der Waals surface area contributed by atoms with Crippen LogP contribution in [-0.2, 0) is 9.53 Å². The maximum absolute atomic E-state index is 10.6. The monoisotopic (exact) mass is 208 g/mol. The molecule has 0 spiro atoms. The van der Waals surface area contributed by atoms with E-state index in [2.05, 4.69) is 13.5 Å². The van der Waals surface area contributed by atoms with Gasteiger partial charge in [-0.2, -0.15) is 0 Å². The maximum atomic E-state index is 10.6. The number of ether oxygens (including phenoxy) is 1. The van der Waals surface area contributed by atoms with Gasteiger partial charge in [-0.15, -0.1) is 0 Å². The molecule has 0 rings (SSSR count). The van der Waals surface area contributed by atoms with Crippen LogP contribution >= 0.6 is 0 Å². The molecule has 0 amide bonds. The van der Waals surface area contributed by atoms with Crippen LogP contribution in [0.5, 0.6) is 0 Å². The van der Waals surface area contributed by atoms with Crippen molar-refractivity contribution in [2.24, 2.45) is 0 Å².